The van der Waals surface area contributed by atoms with Crippen LogP contribution in [0.2, 0.25) is 0 Å². The minimum Gasteiger partial charge on any atom is -0.444 e. The Kier molecular flexibility index (Phi) is 16.7. The molecule has 4 aromatic heterocycles. The fourth-order valence-corrected chi connectivity index (χ4v) is 11.1. The number of nitrogens with zero attached hydrogens (tertiary/aromatic N) is 11. The van der Waals surface area contributed by atoms with E-state index < -0.39 is 5.60 Å². The fourth-order valence-electron chi connectivity index (χ4n) is 10.5. The Hall–Kier alpha value is -7.23. The van der Waals surface area contributed by atoms with Crippen LogP contribution in [0.15, 0.2) is 131 Å². The van der Waals surface area contributed by atoms with E-state index in [0.717, 1.165) is 69.3 Å². The average Bonchev–Trinajstić information content (AvgIpc) is 3.97. The number of pyridine rings is 2. The van der Waals surface area contributed by atoms with Crippen LogP contribution in [0, 0.1) is 20.4 Å². The SMILES string of the molecule is C.Cc1nccn1CC1=Cc2ccccc2C(N2CCN(C(=O)OC(C)(C)C)CC2)c2ncc(Br)cc21.[C-]#[N+]c1ccc(NC(=O)N2CCN(C3c4ccccc4C=C(Cn4ccnc4C)c4cc(Br)cnc43)CC2)cc1. The van der Waals surface area contributed by atoms with Gasteiger partial charge >= 0.3 is 12.1 Å². The summed E-state index contributed by atoms with van der Waals surface area (Å²) >= 11 is 7.31. The summed E-state index contributed by atoms with van der Waals surface area (Å²) in [5.41, 5.74) is 12.3. The number of halogens is 2. The van der Waals surface area contributed by atoms with E-state index >= 15 is 0 Å². The second kappa shape index (κ2) is 23.6. The molecule has 11 rings (SSSR count). The lowest BCUT2D eigenvalue weighted by Crippen LogP contribution is -2.51. The highest BCUT2D eigenvalue weighted by molar-refractivity contribution is 9.10. The number of aromatic nitrogens is 6. The number of rotatable bonds is 7. The second-order valence-corrected chi connectivity index (χ2v) is 22.2. The Bertz CT molecular complexity index is 3370. The molecule has 0 bridgehead atoms. The minimum absolute atomic E-state index is 0. The van der Waals surface area contributed by atoms with E-state index in [1.54, 1.807) is 24.3 Å². The standard InChI is InChI=1S/C31H28BrN7O.C28H32BrN5O2.CH4/c1-21-34-11-12-39(21)20-23-17-22-5-3-4-6-27(22)30(29-28(23)18-24(32)19-35-29)37-13-15-38(16-14-37)31(40)36-26-9-7-25(33-2)8-10-26;1-19-30-9-10-34(19)18-21-15-20-7-5-6-8-23(20)26(25-24(21)16-22(29)17-31-25)32-11-13-33(14-12-32)27(35)36-28(2,3)4;/h3-12,17-19,30H,13-16,20H2,1H3,(H,36,40);5-10,15-17,26H,11-14,18H2,1-4H3;1H4. The molecule has 15 nitrogen and oxygen atoms in total. The third-order valence-corrected chi connectivity index (χ3v) is 15.2. The summed E-state index contributed by atoms with van der Waals surface area (Å²) < 4.78 is 11.8. The molecule has 0 radical (unpaired) electrons. The molecule has 0 saturated carbocycles. The predicted molar refractivity (Wildman–Crippen MR) is 311 cm³/mol. The molecule has 77 heavy (non-hydrogen) atoms. The number of carbonyl (C=O) groups excluding carboxylic acids is 2. The van der Waals surface area contributed by atoms with Crippen LogP contribution in [0.25, 0.3) is 28.1 Å². The van der Waals surface area contributed by atoms with Crippen LogP contribution in [-0.2, 0) is 17.8 Å². The van der Waals surface area contributed by atoms with Crippen molar-refractivity contribution in [2.45, 2.75) is 72.8 Å². The molecule has 1 N–H and O–H groups in total. The summed E-state index contributed by atoms with van der Waals surface area (Å²) in [6, 6.07) is 28.2. The second-order valence-electron chi connectivity index (χ2n) is 20.4. The van der Waals surface area contributed by atoms with Gasteiger partial charge in [-0.25, -0.2) is 24.4 Å². The monoisotopic (exact) mass is 1160 g/mol. The molecule has 4 aliphatic rings. The van der Waals surface area contributed by atoms with Crippen molar-refractivity contribution in [3.8, 4) is 0 Å². The van der Waals surface area contributed by atoms with Gasteiger partial charge in [0, 0.05) is 128 Å². The van der Waals surface area contributed by atoms with Crippen molar-refractivity contribution >= 4 is 78.7 Å². The number of amides is 3. The first kappa shape index (κ1) is 54.6. The molecule has 2 atom stereocenters. The normalized spacial score (nSPS) is 17.2. The molecule has 7 aromatic rings. The van der Waals surface area contributed by atoms with Gasteiger partial charge in [-0.05, 0) is 136 Å². The number of fused-ring (bicyclic) bond motifs is 4. The van der Waals surface area contributed by atoms with Crippen LogP contribution in [0.1, 0.15) is 96.7 Å². The fraction of sp³-hybridized carbons (Fsp3) is 0.317. The highest BCUT2D eigenvalue weighted by atomic mass is 79.9. The van der Waals surface area contributed by atoms with E-state index in [1.807, 2.05) is 81.6 Å². The van der Waals surface area contributed by atoms with Crippen molar-refractivity contribution in [3.05, 3.63) is 199 Å². The van der Waals surface area contributed by atoms with Gasteiger partial charge in [-0.1, -0.05) is 68.1 Å². The number of allylic oxidation sites excluding steroid dienone is 2. The van der Waals surface area contributed by atoms with Gasteiger partial charge in [0.05, 0.1) is 30.0 Å². The number of hydrogen-bond acceptors (Lipinski definition) is 9. The van der Waals surface area contributed by atoms with Gasteiger partial charge < -0.3 is 29.0 Å². The molecule has 2 aliphatic heterocycles. The van der Waals surface area contributed by atoms with E-state index in [4.69, 9.17) is 21.3 Å². The van der Waals surface area contributed by atoms with E-state index in [0.29, 0.717) is 50.6 Å². The predicted octanol–water partition coefficient (Wildman–Crippen LogP) is 12.6. The number of benzene rings is 3. The van der Waals surface area contributed by atoms with E-state index in [-0.39, 0.29) is 31.6 Å². The van der Waals surface area contributed by atoms with Crippen molar-refractivity contribution in [3.63, 3.8) is 0 Å². The summed E-state index contributed by atoms with van der Waals surface area (Å²) in [5, 5.41) is 2.97. The zero-order chi connectivity index (χ0) is 53.1. The highest BCUT2D eigenvalue weighted by Gasteiger charge is 2.36. The van der Waals surface area contributed by atoms with E-state index in [2.05, 4.69) is 144 Å². The van der Waals surface area contributed by atoms with Crippen LogP contribution in [-0.4, -0.2) is 119 Å². The van der Waals surface area contributed by atoms with Gasteiger partial charge in [0.1, 0.15) is 17.2 Å². The van der Waals surface area contributed by atoms with Crippen LogP contribution in [0.3, 0.4) is 0 Å². The molecule has 0 spiro atoms. The lowest BCUT2D eigenvalue weighted by molar-refractivity contribution is 0.0118. The summed E-state index contributed by atoms with van der Waals surface area (Å²) in [4.78, 5) is 56.4. The first-order valence-corrected chi connectivity index (χ1v) is 27.1. The Labute approximate surface area is 468 Å². The Balaban J connectivity index is 0.000000186. The van der Waals surface area contributed by atoms with Gasteiger partial charge in [-0.3, -0.25) is 19.8 Å². The molecular formula is C60H64Br2N12O3. The quantitative estimate of drug-likeness (QED) is 0.155. The number of ether oxygens (including phenoxy) is 1. The molecule has 2 aliphatic carbocycles. The zero-order valence-corrected chi connectivity index (χ0v) is 46.5. The molecular weight excluding hydrogens is 1100 g/mol. The number of carbonyl (C=O) groups is 2. The van der Waals surface area contributed by atoms with Gasteiger partial charge in [-0.15, -0.1) is 0 Å². The summed E-state index contributed by atoms with van der Waals surface area (Å²) in [5.74, 6) is 1.95. The summed E-state index contributed by atoms with van der Waals surface area (Å²) in [6.07, 6.45) is 15.8. The minimum atomic E-state index is -0.500. The maximum Gasteiger partial charge on any atom is 0.410 e. The van der Waals surface area contributed by atoms with Crippen molar-refractivity contribution < 1.29 is 14.3 Å². The molecule has 2 unspecified atom stereocenters. The van der Waals surface area contributed by atoms with Gasteiger partial charge in [-0.2, -0.15) is 0 Å². The topological polar surface area (TPSA) is 134 Å². The van der Waals surface area contributed by atoms with Crippen LogP contribution >= 0.6 is 31.9 Å². The maximum absolute atomic E-state index is 13.0. The number of piperazine rings is 2. The molecule has 2 saturated heterocycles. The maximum atomic E-state index is 13.0. The van der Waals surface area contributed by atoms with Gasteiger partial charge in [0.2, 0.25) is 0 Å². The molecule has 2 fully saturated rings. The Morgan fingerprint density at radius 3 is 1.55 bits per heavy atom. The number of nitrogens with one attached hydrogen (secondary N) is 1. The average molecular weight is 1160 g/mol. The third-order valence-electron chi connectivity index (χ3n) is 14.3. The van der Waals surface area contributed by atoms with Crippen LogP contribution < -0.4 is 5.32 Å². The summed E-state index contributed by atoms with van der Waals surface area (Å²) in [6.45, 7) is 23.6. The number of anilines is 1. The number of imidazole rings is 2. The van der Waals surface area contributed by atoms with Gasteiger partial charge in [0.15, 0.2) is 5.69 Å². The van der Waals surface area contributed by atoms with E-state index in [1.165, 1.54) is 33.4 Å². The van der Waals surface area contributed by atoms with Crippen molar-refractivity contribution in [1.82, 2.24) is 48.7 Å². The highest BCUT2D eigenvalue weighted by Crippen LogP contribution is 2.43. The lowest BCUT2D eigenvalue weighted by Gasteiger charge is -2.40. The zero-order valence-electron chi connectivity index (χ0n) is 43.3. The van der Waals surface area contributed by atoms with Crippen LogP contribution in [0.4, 0.5) is 21.0 Å². The van der Waals surface area contributed by atoms with Crippen molar-refractivity contribution in [2.75, 3.05) is 57.7 Å². The number of aryl methyl sites for hydroxylation is 2. The Morgan fingerprint density at radius 1 is 0.662 bits per heavy atom. The number of urea groups is 1. The van der Waals surface area contributed by atoms with Gasteiger partial charge in [0.25, 0.3) is 0 Å². The molecule has 3 aromatic carbocycles. The third kappa shape index (κ3) is 12.3. The first-order chi connectivity index (χ1) is 36.7. The van der Waals surface area contributed by atoms with Crippen molar-refractivity contribution in [2.24, 2.45) is 0 Å². The van der Waals surface area contributed by atoms with E-state index in [9.17, 15) is 9.59 Å². The lowest BCUT2D eigenvalue weighted by atomic mass is 9.95. The number of hydrogen-bond donors (Lipinski definition) is 1. The largest absolute Gasteiger partial charge is 0.444 e. The van der Waals surface area contributed by atoms with Crippen LogP contribution in [0.5, 0.6) is 0 Å². The molecule has 3 amide bonds. The molecule has 6 heterocycles. The smallest absolute Gasteiger partial charge is 0.410 e. The molecule has 396 valence electrons. The first-order valence-electron chi connectivity index (χ1n) is 25.5. The Morgan fingerprint density at radius 2 is 1.12 bits per heavy atom. The molecule has 17 heteroatoms. The summed E-state index contributed by atoms with van der Waals surface area (Å²) in [7, 11) is 0. The van der Waals surface area contributed by atoms with Crippen molar-refractivity contribution in [1.29, 1.82) is 0 Å².